The van der Waals surface area contributed by atoms with Gasteiger partial charge in [0.25, 0.3) is 0 Å². The molecule has 0 saturated carbocycles. The summed E-state index contributed by atoms with van der Waals surface area (Å²) in [6.45, 7) is 9.82. The summed E-state index contributed by atoms with van der Waals surface area (Å²) in [6, 6.07) is 6.61. The lowest BCUT2D eigenvalue weighted by Gasteiger charge is -2.44. The Labute approximate surface area is 225 Å². The lowest BCUT2D eigenvalue weighted by molar-refractivity contribution is -0.299. The lowest BCUT2D eigenvalue weighted by Crippen LogP contribution is -2.62. The summed E-state index contributed by atoms with van der Waals surface area (Å²) < 4.78 is 37.6. The Bertz CT molecular complexity index is 1120. The van der Waals surface area contributed by atoms with Crippen LogP contribution in [0.5, 0.6) is 0 Å². The van der Waals surface area contributed by atoms with Crippen LogP contribution in [0.2, 0.25) is 0 Å². The summed E-state index contributed by atoms with van der Waals surface area (Å²) in [5.41, 5.74) is 1.82. The van der Waals surface area contributed by atoms with Crippen molar-refractivity contribution in [2.75, 3.05) is 13.7 Å². The molecule has 1 aromatic rings. The van der Waals surface area contributed by atoms with Gasteiger partial charge >= 0.3 is 29.8 Å². The molecule has 39 heavy (non-hydrogen) atoms. The molecule has 1 aliphatic heterocycles. The Balaban J connectivity index is 2.38. The molecule has 0 amide bonds. The fraction of sp³-hybridized carbons (Fsp3) is 0.444. The van der Waals surface area contributed by atoms with Crippen LogP contribution in [0.15, 0.2) is 42.7 Å². The first-order chi connectivity index (χ1) is 18.3. The van der Waals surface area contributed by atoms with Crippen molar-refractivity contribution in [1.82, 2.24) is 0 Å². The Morgan fingerprint density at radius 2 is 1.28 bits per heavy atom. The van der Waals surface area contributed by atoms with Crippen molar-refractivity contribution >= 4 is 35.4 Å². The second-order valence-corrected chi connectivity index (χ2v) is 8.55. The third-order valence-electron chi connectivity index (χ3n) is 5.35. The van der Waals surface area contributed by atoms with Crippen molar-refractivity contribution < 1.29 is 57.1 Å². The molecule has 3 unspecified atom stereocenters. The highest BCUT2D eigenvalue weighted by Crippen LogP contribution is 2.31. The molecule has 1 heterocycles. The minimum atomic E-state index is -1.40. The number of allylic oxidation sites excluding steroid dienone is 2. The first kappa shape index (κ1) is 31.0. The molecule has 1 fully saturated rings. The molecular weight excluding hydrogens is 516 g/mol. The quantitative estimate of drug-likeness (QED) is 0.183. The molecule has 0 aromatic heterocycles. The van der Waals surface area contributed by atoms with Gasteiger partial charge in [-0.25, -0.2) is 4.79 Å². The van der Waals surface area contributed by atoms with Gasteiger partial charge in [-0.1, -0.05) is 18.7 Å². The summed E-state index contributed by atoms with van der Waals surface area (Å²) in [5, 5.41) is 0. The van der Waals surface area contributed by atoms with Crippen LogP contribution >= 0.6 is 0 Å². The van der Waals surface area contributed by atoms with Crippen LogP contribution in [0.3, 0.4) is 0 Å². The Kier molecular flexibility index (Phi) is 11.2. The number of hydrogen-bond acceptors (Lipinski definition) is 12. The number of benzene rings is 1. The van der Waals surface area contributed by atoms with E-state index in [0.717, 1.165) is 26.3 Å². The largest absolute Gasteiger partial charge is 0.465 e. The van der Waals surface area contributed by atoms with Gasteiger partial charge in [0.1, 0.15) is 18.5 Å². The van der Waals surface area contributed by atoms with Crippen LogP contribution in [0, 0.1) is 0 Å². The lowest BCUT2D eigenvalue weighted by atomic mass is 9.98. The summed E-state index contributed by atoms with van der Waals surface area (Å²) >= 11 is 0. The fourth-order valence-electron chi connectivity index (χ4n) is 3.78. The number of ether oxygens (including phenoxy) is 7. The van der Waals surface area contributed by atoms with Crippen molar-refractivity contribution in [2.45, 2.75) is 65.3 Å². The van der Waals surface area contributed by atoms with Crippen LogP contribution in [0.4, 0.5) is 0 Å². The standard InChI is InChI=1S/C27H32O12/c1-14(20-8-10-21(11-9-20)26(32)33-7)12-15(2)35-27-25(38-19(6)31)24(37-18(5)30)23(36-17(4)29)22(39-27)13-34-16(3)28/h8-12,22-25,27H,2,13H2,1,3-7H3/b14-12+/t22?,23-,24?,25?,27+/m1/s1. The van der Waals surface area contributed by atoms with E-state index in [2.05, 4.69) is 6.58 Å². The summed E-state index contributed by atoms with van der Waals surface area (Å²) in [7, 11) is 1.29. The second kappa shape index (κ2) is 14.1. The molecule has 1 saturated heterocycles. The van der Waals surface area contributed by atoms with E-state index in [1.54, 1.807) is 37.3 Å². The van der Waals surface area contributed by atoms with Crippen LogP contribution in [-0.2, 0) is 52.3 Å². The van der Waals surface area contributed by atoms with Gasteiger partial charge in [-0.2, -0.15) is 0 Å². The van der Waals surface area contributed by atoms with E-state index in [1.807, 2.05) is 0 Å². The minimum absolute atomic E-state index is 0.0745. The van der Waals surface area contributed by atoms with Gasteiger partial charge in [-0.05, 0) is 36.3 Å². The van der Waals surface area contributed by atoms with E-state index in [-0.39, 0.29) is 12.4 Å². The molecule has 5 atom stereocenters. The van der Waals surface area contributed by atoms with Crippen molar-refractivity contribution in [3.8, 4) is 0 Å². The molecule has 2 rings (SSSR count). The highest BCUT2D eigenvalue weighted by atomic mass is 16.7. The molecule has 1 aromatic carbocycles. The van der Waals surface area contributed by atoms with Gasteiger partial charge in [-0.15, -0.1) is 0 Å². The molecule has 212 valence electrons. The maximum Gasteiger partial charge on any atom is 0.337 e. The average Bonchev–Trinajstić information content (AvgIpc) is 2.85. The van der Waals surface area contributed by atoms with Crippen molar-refractivity contribution in [3.63, 3.8) is 0 Å². The van der Waals surface area contributed by atoms with E-state index >= 15 is 0 Å². The molecule has 12 heteroatoms. The second-order valence-electron chi connectivity index (χ2n) is 8.55. The van der Waals surface area contributed by atoms with Crippen molar-refractivity contribution in [2.24, 2.45) is 0 Å². The SMILES string of the molecule is C=C(/C=C(\C)c1ccc(C(=O)OC)cc1)O[C@H]1OC(COC(C)=O)[C@@H](OC(C)=O)C(OC(C)=O)C1OC(C)=O. The number of esters is 5. The van der Waals surface area contributed by atoms with Gasteiger partial charge in [0.15, 0.2) is 12.2 Å². The van der Waals surface area contributed by atoms with E-state index in [0.29, 0.717) is 11.1 Å². The normalized spacial score (nSPS) is 22.6. The highest BCUT2D eigenvalue weighted by molar-refractivity contribution is 5.89. The van der Waals surface area contributed by atoms with Gasteiger partial charge in [0.2, 0.25) is 12.4 Å². The predicted molar refractivity (Wildman–Crippen MR) is 134 cm³/mol. The maximum absolute atomic E-state index is 11.9. The first-order valence-electron chi connectivity index (χ1n) is 11.9. The number of rotatable bonds is 10. The van der Waals surface area contributed by atoms with E-state index in [1.165, 1.54) is 14.0 Å². The molecule has 0 spiro atoms. The molecule has 0 radical (unpaired) electrons. The maximum atomic E-state index is 11.9. The molecule has 0 aliphatic carbocycles. The Morgan fingerprint density at radius 1 is 0.769 bits per heavy atom. The number of hydrogen-bond donors (Lipinski definition) is 0. The van der Waals surface area contributed by atoms with Gasteiger partial charge < -0.3 is 33.2 Å². The van der Waals surface area contributed by atoms with Gasteiger partial charge in [-0.3, -0.25) is 19.2 Å². The first-order valence-corrected chi connectivity index (χ1v) is 11.9. The average molecular weight is 549 g/mol. The smallest absolute Gasteiger partial charge is 0.337 e. The highest BCUT2D eigenvalue weighted by Gasteiger charge is 2.53. The zero-order valence-corrected chi connectivity index (χ0v) is 22.6. The minimum Gasteiger partial charge on any atom is -0.465 e. The monoisotopic (exact) mass is 548 g/mol. The number of carbonyl (C=O) groups is 5. The molecule has 1 aliphatic rings. The van der Waals surface area contributed by atoms with Crippen molar-refractivity contribution in [1.29, 1.82) is 0 Å². The van der Waals surface area contributed by atoms with Crippen LogP contribution in [-0.4, -0.2) is 74.3 Å². The zero-order valence-electron chi connectivity index (χ0n) is 22.6. The van der Waals surface area contributed by atoms with E-state index in [9.17, 15) is 24.0 Å². The molecular formula is C27H32O12. The molecule has 0 N–H and O–H groups in total. The third-order valence-corrected chi connectivity index (χ3v) is 5.35. The topological polar surface area (TPSA) is 150 Å². The van der Waals surface area contributed by atoms with Gasteiger partial charge in [0.05, 0.1) is 12.7 Å². The summed E-state index contributed by atoms with van der Waals surface area (Å²) in [5.74, 6) is -3.28. The van der Waals surface area contributed by atoms with E-state index < -0.39 is 60.6 Å². The van der Waals surface area contributed by atoms with Crippen LogP contribution in [0.25, 0.3) is 5.57 Å². The van der Waals surface area contributed by atoms with Crippen LogP contribution < -0.4 is 0 Å². The zero-order chi connectivity index (χ0) is 29.3. The third kappa shape index (κ3) is 9.25. The van der Waals surface area contributed by atoms with Crippen molar-refractivity contribution in [3.05, 3.63) is 53.8 Å². The van der Waals surface area contributed by atoms with Crippen LogP contribution in [0.1, 0.15) is 50.5 Å². The Morgan fingerprint density at radius 3 is 1.79 bits per heavy atom. The number of carbonyl (C=O) groups excluding carboxylic acids is 5. The Hall–Kier alpha value is -4.19. The van der Waals surface area contributed by atoms with Gasteiger partial charge in [0, 0.05) is 27.7 Å². The predicted octanol–water partition coefficient (Wildman–Crippen LogP) is 2.49. The molecule has 12 nitrogen and oxygen atoms in total. The summed E-state index contributed by atoms with van der Waals surface area (Å²) in [4.78, 5) is 58.8. The molecule has 0 bridgehead atoms. The summed E-state index contributed by atoms with van der Waals surface area (Å²) in [6.07, 6.45) is -5.02. The number of methoxy groups -OCH3 is 1. The fourth-order valence-corrected chi connectivity index (χ4v) is 3.78. The van der Waals surface area contributed by atoms with E-state index in [4.69, 9.17) is 33.2 Å².